The molecule has 6 heteroatoms. The first kappa shape index (κ1) is 18.4. The highest BCUT2D eigenvalue weighted by atomic mass is 16.5. The molecule has 29 heavy (non-hydrogen) atoms. The van der Waals surface area contributed by atoms with Crippen molar-refractivity contribution < 1.29 is 14.3 Å². The highest BCUT2D eigenvalue weighted by molar-refractivity contribution is 6.05. The number of nitrogens with zero attached hydrogens (tertiary/aromatic N) is 1. The lowest BCUT2D eigenvalue weighted by atomic mass is 10.1. The Balaban J connectivity index is 1.47. The van der Waals surface area contributed by atoms with Crippen LogP contribution in [-0.2, 0) is 4.79 Å². The zero-order chi connectivity index (χ0) is 20.2. The van der Waals surface area contributed by atoms with Gasteiger partial charge in [0.2, 0.25) is 11.8 Å². The topological polar surface area (TPSA) is 80.3 Å². The Morgan fingerprint density at radius 3 is 2.38 bits per heavy atom. The van der Waals surface area contributed by atoms with Gasteiger partial charge >= 0.3 is 0 Å². The van der Waals surface area contributed by atoms with Crippen LogP contribution in [-0.4, -0.2) is 30.5 Å². The Bertz CT molecular complexity index is 1220. The molecule has 4 rings (SSSR count). The van der Waals surface area contributed by atoms with Crippen molar-refractivity contribution in [3.8, 4) is 5.88 Å². The molecule has 1 aromatic heterocycles. The monoisotopic (exact) mass is 385 g/mol. The van der Waals surface area contributed by atoms with E-state index in [1.807, 2.05) is 66.7 Å². The van der Waals surface area contributed by atoms with Crippen molar-refractivity contribution in [2.24, 2.45) is 0 Å². The van der Waals surface area contributed by atoms with Gasteiger partial charge in [0, 0.05) is 16.5 Å². The number of hydrogen-bond acceptors (Lipinski definition) is 4. The number of ether oxygens (including phenoxy) is 1. The Hall–Kier alpha value is -3.93. The summed E-state index contributed by atoms with van der Waals surface area (Å²) in [5.41, 5.74) is 0.895. The maximum Gasteiger partial charge on any atom is 0.270 e. The standard InChI is InChI=1S/C23H19N3O3/c1-29-23-18-11-5-3-8-16(18)13-20(26-23)22(28)24-14-21(27)25-19-12-6-9-15-7-2-4-10-17(15)19/h2-13H,14H2,1H3,(H,24,28)(H,25,27). The van der Waals surface area contributed by atoms with E-state index in [1.54, 1.807) is 6.07 Å². The minimum Gasteiger partial charge on any atom is -0.481 e. The van der Waals surface area contributed by atoms with Crippen molar-refractivity contribution in [3.05, 3.63) is 78.5 Å². The highest BCUT2D eigenvalue weighted by Crippen LogP contribution is 2.24. The summed E-state index contributed by atoms with van der Waals surface area (Å²) >= 11 is 0. The van der Waals surface area contributed by atoms with Gasteiger partial charge in [-0.1, -0.05) is 54.6 Å². The van der Waals surface area contributed by atoms with E-state index in [2.05, 4.69) is 15.6 Å². The van der Waals surface area contributed by atoms with Crippen molar-refractivity contribution >= 4 is 39.0 Å². The quantitative estimate of drug-likeness (QED) is 0.548. The predicted molar refractivity (Wildman–Crippen MR) is 113 cm³/mol. The molecule has 2 N–H and O–H groups in total. The molecule has 2 amide bonds. The number of fused-ring (bicyclic) bond motifs is 2. The van der Waals surface area contributed by atoms with Crippen molar-refractivity contribution in [1.29, 1.82) is 0 Å². The Morgan fingerprint density at radius 2 is 1.59 bits per heavy atom. The Morgan fingerprint density at radius 1 is 0.897 bits per heavy atom. The number of carbonyl (C=O) groups is 2. The molecule has 0 unspecified atom stereocenters. The minimum atomic E-state index is -0.442. The second-order valence-electron chi connectivity index (χ2n) is 6.50. The van der Waals surface area contributed by atoms with Crippen LogP contribution < -0.4 is 15.4 Å². The largest absolute Gasteiger partial charge is 0.481 e. The molecule has 0 aliphatic rings. The van der Waals surface area contributed by atoms with E-state index in [0.717, 1.165) is 21.5 Å². The average Bonchev–Trinajstić information content (AvgIpc) is 2.77. The van der Waals surface area contributed by atoms with Gasteiger partial charge in [0.25, 0.3) is 5.91 Å². The highest BCUT2D eigenvalue weighted by Gasteiger charge is 2.14. The first-order valence-electron chi connectivity index (χ1n) is 9.15. The van der Waals surface area contributed by atoms with Gasteiger partial charge < -0.3 is 15.4 Å². The second kappa shape index (κ2) is 7.98. The molecule has 3 aromatic carbocycles. The van der Waals surface area contributed by atoms with Gasteiger partial charge in [-0.2, -0.15) is 0 Å². The third-order valence-electron chi connectivity index (χ3n) is 4.60. The van der Waals surface area contributed by atoms with Gasteiger partial charge in [0.05, 0.1) is 13.7 Å². The van der Waals surface area contributed by atoms with Crippen LogP contribution in [0.25, 0.3) is 21.5 Å². The lowest BCUT2D eigenvalue weighted by molar-refractivity contribution is -0.115. The van der Waals surface area contributed by atoms with E-state index < -0.39 is 5.91 Å². The lowest BCUT2D eigenvalue weighted by Gasteiger charge is -2.10. The first-order valence-corrected chi connectivity index (χ1v) is 9.15. The molecule has 144 valence electrons. The molecule has 1 heterocycles. The Kier molecular flexibility index (Phi) is 5.07. The second-order valence-corrected chi connectivity index (χ2v) is 6.50. The summed E-state index contributed by atoms with van der Waals surface area (Å²) in [5.74, 6) is -0.391. The molecule has 0 fully saturated rings. The molecule has 0 saturated carbocycles. The van der Waals surface area contributed by atoms with Crippen LogP contribution in [0.3, 0.4) is 0 Å². The minimum absolute atomic E-state index is 0.168. The van der Waals surface area contributed by atoms with E-state index >= 15 is 0 Å². The van der Waals surface area contributed by atoms with Gasteiger partial charge in [-0.3, -0.25) is 9.59 Å². The molecule has 0 aliphatic carbocycles. The summed E-state index contributed by atoms with van der Waals surface area (Å²) < 4.78 is 5.29. The summed E-state index contributed by atoms with van der Waals surface area (Å²) in [7, 11) is 1.51. The van der Waals surface area contributed by atoms with Crippen LogP contribution in [0.4, 0.5) is 5.69 Å². The van der Waals surface area contributed by atoms with Gasteiger partial charge in [0.15, 0.2) is 0 Å². The number of benzene rings is 3. The van der Waals surface area contributed by atoms with Crippen LogP contribution in [0.5, 0.6) is 5.88 Å². The number of aromatic nitrogens is 1. The predicted octanol–water partition coefficient (Wildman–Crippen LogP) is 3.77. The van der Waals surface area contributed by atoms with Crippen molar-refractivity contribution in [2.75, 3.05) is 19.0 Å². The summed E-state index contributed by atoms with van der Waals surface area (Å²) in [6.45, 7) is -0.168. The summed E-state index contributed by atoms with van der Waals surface area (Å²) in [6, 6.07) is 22.6. The zero-order valence-corrected chi connectivity index (χ0v) is 15.8. The molecule has 0 radical (unpaired) electrons. The summed E-state index contributed by atoms with van der Waals surface area (Å²) in [5, 5.41) is 9.09. The number of amides is 2. The molecule has 0 atom stereocenters. The molecule has 0 bridgehead atoms. The van der Waals surface area contributed by atoms with Gasteiger partial charge in [-0.15, -0.1) is 0 Å². The molecule has 4 aromatic rings. The van der Waals surface area contributed by atoms with Crippen LogP contribution in [0.15, 0.2) is 72.8 Å². The number of nitrogens with one attached hydrogen (secondary N) is 2. The maximum atomic E-state index is 12.5. The molecule has 6 nitrogen and oxygen atoms in total. The zero-order valence-electron chi connectivity index (χ0n) is 15.8. The first-order chi connectivity index (χ1) is 14.2. The number of hydrogen-bond donors (Lipinski definition) is 2. The fraction of sp³-hybridized carbons (Fsp3) is 0.0870. The van der Waals surface area contributed by atoms with E-state index in [4.69, 9.17) is 4.74 Å². The Labute approximate surface area is 167 Å². The number of pyridine rings is 1. The average molecular weight is 385 g/mol. The van der Waals surface area contributed by atoms with Crippen LogP contribution in [0.2, 0.25) is 0 Å². The van der Waals surface area contributed by atoms with Crippen LogP contribution in [0, 0.1) is 0 Å². The lowest BCUT2D eigenvalue weighted by Crippen LogP contribution is -2.33. The van der Waals surface area contributed by atoms with E-state index in [0.29, 0.717) is 11.6 Å². The normalized spacial score (nSPS) is 10.7. The SMILES string of the molecule is COc1nc(C(=O)NCC(=O)Nc2cccc3ccccc23)cc2ccccc12. The maximum absolute atomic E-state index is 12.5. The number of methoxy groups -OCH3 is 1. The van der Waals surface area contributed by atoms with Gasteiger partial charge in [-0.25, -0.2) is 4.98 Å². The smallest absolute Gasteiger partial charge is 0.270 e. The number of anilines is 1. The fourth-order valence-electron chi connectivity index (χ4n) is 3.22. The van der Waals surface area contributed by atoms with Crippen LogP contribution >= 0.6 is 0 Å². The molecular formula is C23H19N3O3. The van der Waals surface area contributed by atoms with Crippen molar-refractivity contribution in [1.82, 2.24) is 10.3 Å². The molecule has 0 saturated heterocycles. The van der Waals surface area contributed by atoms with E-state index in [9.17, 15) is 9.59 Å². The summed E-state index contributed by atoms with van der Waals surface area (Å²) in [6.07, 6.45) is 0. The van der Waals surface area contributed by atoms with Gasteiger partial charge in [0.1, 0.15) is 5.69 Å². The van der Waals surface area contributed by atoms with E-state index in [1.165, 1.54) is 7.11 Å². The molecular weight excluding hydrogens is 366 g/mol. The molecule has 0 aliphatic heterocycles. The third-order valence-corrected chi connectivity index (χ3v) is 4.60. The fourth-order valence-corrected chi connectivity index (χ4v) is 3.22. The number of carbonyl (C=O) groups excluding carboxylic acids is 2. The van der Waals surface area contributed by atoms with Crippen molar-refractivity contribution in [2.45, 2.75) is 0 Å². The summed E-state index contributed by atoms with van der Waals surface area (Å²) in [4.78, 5) is 29.1. The number of rotatable bonds is 5. The van der Waals surface area contributed by atoms with E-state index in [-0.39, 0.29) is 18.1 Å². The third kappa shape index (κ3) is 3.87. The van der Waals surface area contributed by atoms with Crippen LogP contribution in [0.1, 0.15) is 10.5 Å². The van der Waals surface area contributed by atoms with Gasteiger partial charge in [-0.05, 0) is 29.0 Å². The van der Waals surface area contributed by atoms with Crippen molar-refractivity contribution in [3.63, 3.8) is 0 Å². The molecule has 0 spiro atoms.